The third kappa shape index (κ3) is 5.39. The number of rotatable bonds is 6. The van der Waals surface area contributed by atoms with Crippen LogP contribution in [0, 0.1) is 24.6 Å². The van der Waals surface area contributed by atoms with Crippen LogP contribution in [0.4, 0.5) is 23.7 Å². The van der Waals surface area contributed by atoms with Gasteiger partial charge in [-0.25, -0.2) is 13.2 Å². The maximum absolute atomic E-state index is 13.8. The summed E-state index contributed by atoms with van der Waals surface area (Å²) in [5, 5.41) is 1.34. The minimum atomic E-state index is -1.74. The maximum Gasteiger partial charge on any atom is 0.294 e. The van der Waals surface area contributed by atoms with Gasteiger partial charge in [0.2, 0.25) is 5.91 Å². The van der Waals surface area contributed by atoms with Crippen molar-refractivity contribution in [1.82, 2.24) is 4.90 Å². The highest BCUT2D eigenvalue weighted by Crippen LogP contribution is 2.36. The molecule has 0 aromatic heterocycles. The molecule has 1 fully saturated rings. The zero-order valence-electron chi connectivity index (χ0n) is 16.2. The summed E-state index contributed by atoms with van der Waals surface area (Å²) in [6.07, 6.45) is 1.51. The molecule has 1 aliphatic rings. The van der Waals surface area contributed by atoms with Gasteiger partial charge < -0.3 is 10.1 Å². The lowest BCUT2D eigenvalue weighted by Gasteiger charge is -2.13. The van der Waals surface area contributed by atoms with Crippen LogP contribution >= 0.6 is 56.9 Å². The number of ether oxygens (including phenoxy) is 1. The van der Waals surface area contributed by atoms with Crippen LogP contribution in [0.25, 0.3) is 6.08 Å². The summed E-state index contributed by atoms with van der Waals surface area (Å²) in [4.78, 5) is 38.0. The van der Waals surface area contributed by atoms with Crippen molar-refractivity contribution in [1.29, 1.82) is 0 Å². The van der Waals surface area contributed by atoms with E-state index in [4.69, 9.17) is 4.74 Å². The largest absolute Gasteiger partial charge is 0.492 e. The second-order valence-corrected chi connectivity index (χ2v) is 9.68. The highest BCUT2D eigenvalue weighted by Gasteiger charge is 2.36. The summed E-state index contributed by atoms with van der Waals surface area (Å²) in [5.41, 5.74) is -0.00633. The molecule has 1 N–H and O–H groups in total. The second kappa shape index (κ2) is 10.4. The summed E-state index contributed by atoms with van der Waals surface area (Å²) < 4.78 is 47.5. The van der Waals surface area contributed by atoms with E-state index in [9.17, 15) is 27.6 Å². The summed E-state index contributed by atoms with van der Waals surface area (Å²) in [6, 6.07) is 5.18. The van der Waals surface area contributed by atoms with Gasteiger partial charge in [0, 0.05) is 9.13 Å². The molecular formula is C20H13F3I2N2O4S. The van der Waals surface area contributed by atoms with Crippen LogP contribution in [0.3, 0.4) is 0 Å². The van der Waals surface area contributed by atoms with E-state index in [-0.39, 0.29) is 4.91 Å². The molecule has 1 heterocycles. The van der Waals surface area contributed by atoms with Gasteiger partial charge in [0.05, 0.1) is 20.8 Å². The first-order valence-electron chi connectivity index (χ1n) is 8.93. The first kappa shape index (κ1) is 24.8. The molecule has 12 heteroatoms. The molecule has 0 atom stereocenters. The lowest BCUT2D eigenvalue weighted by molar-refractivity contribution is -0.127. The normalized spacial score (nSPS) is 14.9. The number of anilines is 1. The molecule has 1 saturated heterocycles. The molecule has 0 aliphatic carbocycles. The Morgan fingerprint density at radius 3 is 2.59 bits per heavy atom. The zero-order chi connectivity index (χ0) is 23.6. The van der Waals surface area contributed by atoms with Crippen molar-refractivity contribution < 1.29 is 32.3 Å². The molecular weight excluding hydrogens is 675 g/mol. The Labute approximate surface area is 212 Å². The van der Waals surface area contributed by atoms with Gasteiger partial charge in [0.25, 0.3) is 11.1 Å². The lowest BCUT2D eigenvalue weighted by atomic mass is 10.2. The first-order valence-corrected chi connectivity index (χ1v) is 11.9. The average Bonchev–Trinajstić information content (AvgIpc) is 2.98. The molecule has 3 amide bonds. The molecule has 0 bridgehead atoms. The standard InChI is InChI=1S/C20H13F3I2N2O4S/c1-2-31-18-9(5-10(24)7-12(18)25)6-14-19(29)27(20(30)32-14)8-15(28)26-13-4-3-11(21)16(22)17(13)23/h3-7H,2,8H2,1H3,(H,26,28)/b14-6+. The van der Waals surface area contributed by atoms with Crippen molar-refractivity contribution in [3.05, 3.63) is 59.3 Å². The fourth-order valence-electron chi connectivity index (χ4n) is 2.72. The maximum atomic E-state index is 13.8. The van der Waals surface area contributed by atoms with Crippen molar-refractivity contribution in [2.24, 2.45) is 0 Å². The van der Waals surface area contributed by atoms with Crippen LogP contribution in [-0.2, 0) is 9.59 Å². The van der Waals surface area contributed by atoms with Crippen molar-refractivity contribution in [3.8, 4) is 5.75 Å². The van der Waals surface area contributed by atoms with E-state index in [1.807, 2.05) is 18.3 Å². The SMILES string of the molecule is CCOc1c(I)cc(I)cc1/C=C1/SC(=O)N(CC(=O)Nc2ccc(F)c(F)c2F)C1=O. The van der Waals surface area contributed by atoms with Crippen LogP contribution in [0.1, 0.15) is 12.5 Å². The number of hydrogen-bond donors (Lipinski definition) is 1. The summed E-state index contributed by atoms with van der Waals surface area (Å²) >= 11 is 4.87. The predicted octanol–water partition coefficient (Wildman–Crippen LogP) is 5.39. The van der Waals surface area contributed by atoms with Gasteiger partial charge in [-0.15, -0.1) is 0 Å². The van der Waals surface area contributed by atoms with Crippen LogP contribution in [0.15, 0.2) is 29.2 Å². The minimum Gasteiger partial charge on any atom is -0.492 e. The van der Waals surface area contributed by atoms with Crippen LogP contribution < -0.4 is 10.1 Å². The highest BCUT2D eigenvalue weighted by molar-refractivity contribution is 14.1. The Kier molecular flexibility index (Phi) is 8.08. The Morgan fingerprint density at radius 1 is 1.19 bits per heavy atom. The Morgan fingerprint density at radius 2 is 1.91 bits per heavy atom. The second-order valence-electron chi connectivity index (χ2n) is 6.28. The van der Waals surface area contributed by atoms with Crippen LogP contribution in [0.2, 0.25) is 0 Å². The number of carbonyl (C=O) groups excluding carboxylic acids is 3. The fraction of sp³-hybridized carbons (Fsp3) is 0.150. The van der Waals surface area contributed by atoms with Gasteiger partial charge in [0.15, 0.2) is 17.5 Å². The smallest absolute Gasteiger partial charge is 0.294 e. The summed E-state index contributed by atoms with van der Waals surface area (Å²) in [5.74, 6) is -5.83. The predicted molar refractivity (Wildman–Crippen MR) is 131 cm³/mol. The Bertz CT molecular complexity index is 1160. The quantitative estimate of drug-likeness (QED) is 0.251. The molecule has 0 saturated carbocycles. The Hall–Kier alpha value is -1.81. The van der Waals surface area contributed by atoms with Crippen LogP contribution in [-0.4, -0.2) is 35.1 Å². The van der Waals surface area contributed by atoms with E-state index >= 15 is 0 Å². The number of halogens is 5. The molecule has 3 rings (SSSR count). The highest BCUT2D eigenvalue weighted by atomic mass is 127. The number of hydrogen-bond acceptors (Lipinski definition) is 5. The number of nitrogens with one attached hydrogen (secondary N) is 1. The third-order valence-electron chi connectivity index (χ3n) is 4.10. The third-order valence-corrected chi connectivity index (χ3v) is 6.43. The van der Waals surface area contributed by atoms with E-state index in [1.54, 1.807) is 6.07 Å². The van der Waals surface area contributed by atoms with E-state index < -0.39 is 46.7 Å². The van der Waals surface area contributed by atoms with Crippen molar-refractivity contribution >= 4 is 85.8 Å². The number of thioether (sulfide) groups is 1. The van der Waals surface area contributed by atoms with E-state index in [0.29, 0.717) is 40.6 Å². The fourth-order valence-corrected chi connectivity index (χ4v) is 5.59. The number of imide groups is 1. The van der Waals surface area contributed by atoms with E-state index in [0.717, 1.165) is 13.2 Å². The number of carbonyl (C=O) groups is 3. The molecule has 1 aliphatic heterocycles. The lowest BCUT2D eigenvalue weighted by Crippen LogP contribution is -2.36. The topological polar surface area (TPSA) is 75.7 Å². The number of benzene rings is 2. The van der Waals surface area contributed by atoms with Gasteiger partial charge in [-0.1, -0.05) is 0 Å². The van der Waals surface area contributed by atoms with Gasteiger partial charge in [-0.2, -0.15) is 0 Å². The van der Waals surface area contributed by atoms with E-state index in [1.165, 1.54) is 6.08 Å². The molecule has 2 aromatic rings. The van der Waals surface area contributed by atoms with Crippen LogP contribution in [0.5, 0.6) is 5.75 Å². The first-order chi connectivity index (χ1) is 15.1. The van der Waals surface area contributed by atoms with Gasteiger partial charge in [-0.3, -0.25) is 19.3 Å². The number of nitrogens with zero attached hydrogens (tertiary/aromatic N) is 1. The summed E-state index contributed by atoms with van der Waals surface area (Å²) in [6.45, 7) is 1.50. The average molecular weight is 688 g/mol. The number of amides is 3. The molecule has 0 unspecified atom stereocenters. The molecule has 32 heavy (non-hydrogen) atoms. The van der Waals surface area contributed by atoms with Crippen molar-refractivity contribution in [3.63, 3.8) is 0 Å². The molecule has 0 spiro atoms. The molecule has 0 radical (unpaired) electrons. The molecule has 6 nitrogen and oxygen atoms in total. The molecule has 168 valence electrons. The van der Waals surface area contributed by atoms with E-state index in [2.05, 4.69) is 45.2 Å². The van der Waals surface area contributed by atoms with Gasteiger partial charge in [-0.05, 0) is 94.2 Å². The van der Waals surface area contributed by atoms with Crippen molar-refractivity contribution in [2.75, 3.05) is 18.5 Å². The molecule has 2 aromatic carbocycles. The summed E-state index contributed by atoms with van der Waals surface area (Å²) in [7, 11) is 0. The zero-order valence-corrected chi connectivity index (χ0v) is 21.3. The Balaban J connectivity index is 1.80. The van der Waals surface area contributed by atoms with Gasteiger partial charge in [0.1, 0.15) is 12.3 Å². The minimum absolute atomic E-state index is 0.0839. The monoisotopic (exact) mass is 688 g/mol. The van der Waals surface area contributed by atoms with Crippen molar-refractivity contribution in [2.45, 2.75) is 6.92 Å². The van der Waals surface area contributed by atoms with Gasteiger partial charge >= 0.3 is 0 Å².